The Morgan fingerprint density at radius 3 is 3.22 bits per heavy atom. The lowest BCUT2D eigenvalue weighted by Crippen LogP contribution is -2.00. The Kier molecular flexibility index (Phi) is 2.51. The summed E-state index contributed by atoms with van der Waals surface area (Å²) >= 11 is 0. The van der Waals surface area contributed by atoms with E-state index >= 15 is 0 Å². The van der Waals surface area contributed by atoms with Crippen molar-refractivity contribution in [3.05, 3.63) is 35.7 Å². The molecule has 92 valence electrons. The molecule has 0 saturated carbocycles. The number of aromatic amines is 1. The van der Waals surface area contributed by atoms with Gasteiger partial charge in [-0.3, -0.25) is 0 Å². The SMILES string of the molecule is COC(=O)c1cnc(-c2ccc3c(c2)CCO3)[nH]1. The summed E-state index contributed by atoms with van der Waals surface area (Å²) in [7, 11) is 1.34. The van der Waals surface area contributed by atoms with Gasteiger partial charge in [0.25, 0.3) is 0 Å². The number of carbonyl (C=O) groups is 1. The van der Waals surface area contributed by atoms with Gasteiger partial charge >= 0.3 is 5.97 Å². The number of imidazole rings is 1. The molecule has 5 nitrogen and oxygen atoms in total. The second-order valence-corrected chi connectivity index (χ2v) is 4.06. The fourth-order valence-electron chi connectivity index (χ4n) is 2.02. The molecule has 1 aromatic carbocycles. The van der Waals surface area contributed by atoms with Crippen LogP contribution in [0.15, 0.2) is 24.4 Å². The zero-order chi connectivity index (χ0) is 12.5. The van der Waals surface area contributed by atoms with Crippen LogP contribution in [0.2, 0.25) is 0 Å². The van der Waals surface area contributed by atoms with E-state index in [-0.39, 0.29) is 0 Å². The summed E-state index contributed by atoms with van der Waals surface area (Å²) < 4.78 is 10.1. The fourth-order valence-corrected chi connectivity index (χ4v) is 2.02. The molecule has 2 heterocycles. The molecule has 1 aliphatic heterocycles. The maximum atomic E-state index is 11.3. The number of esters is 1. The van der Waals surface area contributed by atoms with Crippen LogP contribution < -0.4 is 4.74 Å². The van der Waals surface area contributed by atoms with E-state index in [1.807, 2.05) is 18.2 Å². The van der Waals surface area contributed by atoms with Gasteiger partial charge in [-0.15, -0.1) is 0 Å². The molecule has 0 radical (unpaired) electrons. The number of nitrogens with zero attached hydrogens (tertiary/aromatic N) is 1. The van der Waals surface area contributed by atoms with E-state index < -0.39 is 5.97 Å². The number of hydrogen-bond acceptors (Lipinski definition) is 4. The monoisotopic (exact) mass is 244 g/mol. The zero-order valence-corrected chi connectivity index (χ0v) is 9.90. The number of benzene rings is 1. The quantitative estimate of drug-likeness (QED) is 0.818. The predicted molar refractivity (Wildman–Crippen MR) is 64.6 cm³/mol. The summed E-state index contributed by atoms with van der Waals surface area (Å²) in [6.45, 7) is 0.727. The Bertz CT molecular complexity index is 604. The lowest BCUT2D eigenvalue weighted by molar-refractivity contribution is 0.0595. The van der Waals surface area contributed by atoms with E-state index in [0.29, 0.717) is 11.5 Å². The van der Waals surface area contributed by atoms with Crippen molar-refractivity contribution in [2.45, 2.75) is 6.42 Å². The molecule has 0 atom stereocenters. The van der Waals surface area contributed by atoms with Crippen molar-refractivity contribution in [1.29, 1.82) is 0 Å². The van der Waals surface area contributed by atoms with E-state index in [9.17, 15) is 4.79 Å². The van der Waals surface area contributed by atoms with Crippen molar-refractivity contribution in [3.8, 4) is 17.1 Å². The third-order valence-corrected chi connectivity index (χ3v) is 2.94. The summed E-state index contributed by atoms with van der Waals surface area (Å²) in [4.78, 5) is 18.5. The van der Waals surface area contributed by atoms with E-state index in [0.717, 1.165) is 24.3 Å². The molecule has 5 heteroatoms. The molecule has 0 aliphatic carbocycles. The van der Waals surface area contributed by atoms with Crippen LogP contribution in [-0.4, -0.2) is 29.7 Å². The highest BCUT2D eigenvalue weighted by Gasteiger charge is 2.15. The van der Waals surface area contributed by atoms with Crippen molar-refractivity contribution >= 4 is 5.97 Å². The first-order chi connectivity index (χ1) is 8.78. The molecule has 0 spiro atoms. The van der Waals surface area contributed by atoms with Crippen LogP contribution in [-0.2, 0) is 11.2 Å². The number of methoxy groups -OCH3 is 1. The molecule has 1 aromatic heterocycles. The third kappa shape index (κ3) is 1.73. The number of carbonyl (C=O) groups excluding carboxylic acids is 1. The number of aromatic nitrogens is 2. The van der Waals surface area contributed by atoms with Gasteiger partial charge in [-0.2, -0.15) is 0 Å². The predicted octanol–water partition coefficient (Wildman–Crippen LogP) is 1.80. The maximum Gasteiger partial charge on any atom is 0.356 e. The Morgan fingerprint density at radius 1 is 1.50 bits per heavy atom. The minimum Gasteiger partial charge on any atom is -0.493 e. The van der Waals surface area contributed by atoms with E-state index in [1.165, 1.54) is 18.9 Å². The van der Waals surface area contributed by atoms with Crippen LogP contribution in [0.4, 0.5) is 0 Å². The van der Waals surface area contributed by atoms with Gasteiger partial charge in [-0.1, -0.05) is 0 Å². The third-order valence-electron chi connectivity index (χ3n) is 2.94. The Labute approximate surface area is 104 Å². The summed E-state index contributed by atoms with van der Waals surface area (Å²) in [6.07, 6.45) is 2.39. The summed E-state index contributed by atoms with van der Waals surface area (Å²) in [5, 5.41) is 0. The smallest absolute Gasteiger partial charge is 0.356 e. The molecule has 18 heavy (non-hydrogen) atoms. The van der Waals surface area contributed by atoms with Gasteiger partial charge in [0.15, 0.2) is 0 Å². The van der Waals surface area contributed by atoms with Crippen molar-refractivity contribution in [2.75, 3.05) is 13.7 Å². The van der Waals surface area contributed by atoms with Gasteiger partial charge in [-0.25, -0.2) is 9.78 Å². The summed E-state index contributed by atoms with van der Waals surface area (Å²) in [6, 6.07) is 5.88. The van der Waals surface area contributed by atoms with Crippen LogP contribution in [0, 0.1) is 0 Å². The highest BCUT2D eigenvalue weighted by Crippen LogP contribution is 2.29. The lowest BCUT2D eigenvalue weighted by Gasteiger charge is -2.01. The second-order valence-electron chi connectivity index (χ2n) is 4.06. The van der Waals surface area contributed by atoms with Gasteiger partial charge in [0.2, 0.25) is 0 Å². The average molecular weight is 244 g/mol. The topological polar surface area (TPSA) is 64.2 Å². The zero-order valence-electron chi connectivity index (χ0n) is 9.90. The minimum absolute atomic E-state index is 0.351. The first kappa shape index (κ1) is 10.8. The maximum absolute atomic E-state index is 11.3. The van der Waals surface area contributed by atoms with Gasteiger partial charge < -0.3 is 14.5 Å². The van der Waals surface area contributed by atoms with E-state index in [2.05, 4.69) is 14.7 Å². The second kappa shape index (κ2) is 4.18. The van der Waals surface area contributed by atoms with Gasteiger partial charge in [0.1, 0.15) is 17.3 Å². The van der Waals surface area contributed by atoms with E-state index in [1.54, 1.807) is 0 Å². The molecular weight excluding hydrogens is 232 g/mol. The highest BCUT2D eigenvalue weighted by molar-refractivity contribution is 5.87. The van der Waals surface area contributed by atoms with Gasteiger partial charge in [0, 0.05) is 12.0 Å². The Balaban J connectivity index is 1.95. The van der Waals surface area contributed by atoms with Crippen LogP contribution >= 0.6 is 0 Å². The Morgan fingerprint density at radius 2 is 2.39 bits per heavy atom. The number of rotatable bonds is 2. The molecular formula is C13H12N2O3. The van der Waals surface area contributed by atoms with Gasteiger partial charge in [0.05, 0.1) is 19.9 Å². The van der Waals surface area contributed by atoms with Crippen molar-refractivity contribution < 1.29 is 14.3 Å². The number of fused-ring (bicyclic) bond motifs is 1. The molecule has 3 rings (SSSR count). The van der Waals surface area contributed by atoms with Gasteiger partial charge in [-0.05, 0) is 23.8 Å². The molecule has 0 fully saturated rings. The van der Waals surface area contributed by atoms with Crippen LogP contribution in [0.25, 0.3) is 11.4 Å². The summed E-state index contributed by atoms with van der Waals surface area (Å²) in [5.74, 6) is 1.17. The molecule has 0 saturated heterocycles. The number of H-pyrrole nitrogens is 1. The van der Waals surface area contributed by atoms with Crippen molar-refractivity contribution in [1.82, 2.24) is 9.97 Å². The molecule has 0 bridgehead atoms. The summed E-state index contributed by atoms with van der Waals surface area (Å²) in [5.41, 5.74) is 2.46. The van der Waals surface area contributed by atoms with Crippen LogP contribution in [0.3, 0.4) is 0 Å². The largest absolute Gasteiger partial charge is 0.493 e. The lowest BCUT2D eigenvalue weighted by atomic mass is 10.1. The molecule has 0 unspecified atom stereocenters. The highest BCUT2D eigenvalue weighted by atomic mass is 16.5. The fraction of sp³-hybridized carbons (Fsp3) is 0.231. The van der Waals surface area contributed by atoms with Crippen LogP contribution in [0.1, 0.15) is 16.1 Å². The standard InChI is InChI=1S/C13H12N2O3/c1-17-13(16)10-7-14-12(15-10)9-2-3-11-8(6-9)4-5-18-11/h2-3,6-7H,4-5H2,1H3,(H,14,15). The van der Waals surface area contributed by atoms with E-state index in [4.69, 9.17) is 4.74 Å². The number of ether oxygens (including phenoxy) is 2. The normalized spacial score (nSPS) is 12.9. The molecule has 0 amide bonds. The number of hydrogen-bond donors (Lipinski definition) is 1. The molecule has 1 N–H and O–H groups in total. The van der Waals surface area contributed by atoms with Crippen molar-refractivity contribution in [3.63, 3.8) is 0 Å². The van der Waals surface area contributed by atoms with Crippen molar-refractivity contribution in [2.24, 2.45) is 0 Å². The first-order valence-electron chi connectivity index (χ1n) is 5.67. The minimum atomic E-state index is -0.418. The Hall–Kier alpha value is -2.30. The average Bonchev–Trinajstić information content (AvgIpc) is 3.05. The molecule has 1 aliphatic rings. The van der Waals surface area contributed by atoms with Crippen LogP contribution in [0.5, 0.6) is 5.75 Å². The number of nitrogens with one attached hydrogen (secondary N) is 1. The molecule has 2 aromatic rings. The first-order valence-corrected chi connectivity index (χ1v) is 5.67.